The van der Waals surface area contributed by atoms with E-state index in [4.69, 9.17) is 4.74 Å². The fourth-order valence-electron chi connectivity index (χ4n) is 2.09. The molecule has 8 heteroatoms. The van der Waals surface area contributed by atoms with E-state index in [-0.39, 0.29) is 40.6 Å². The number of nitrogens with one attached hydrogen (secondary N) is 2. The topological polar surface area (TPSA) is 62.7 Å². The van der Waals surface area contributed by atoms with Gasteiger partial charge in [-0.1, -0.05) is 13.0 Å². The smallest absolute Gasteiger partial charge is 0.191 e. The summed E-state index contributed by atoms with van der Waals surface area (Å²) in [6, 6.07) is 6.13. The first kappa shape index (κ1) is 26.1. The minimum Gasteiger partial charge on any atom is -0.488 e. The van der Waals surface area contributed by atoms with Crippen molar-refractivity contribution in [3.8, 4) is 5.75 Å². The first-order valence-corrected chi connectivity index (χ1v) is 10.4. The standard InChI is InChI=1S/C19H32FN3O2S.HI/c1-6-16(25-17-10-8-9-15(20)13-17)14-23-18(21-7-2)22-11-12-26(24)19(3,4)5;/h8-10,13,16H,6-7,11-12,14H2,1-5H3,(H2,21,22,23);1H. The zero-order valence-electron chi connectivity index (χ0n) is 16.9. The fraction of sp³-hybridized carbons (Fsp3) is 0.632. The largest absolute Gasteiger partial charge is 0.488 e. The Labute approximate surface area is 182 Å². The number of nitrogens with zero attached hydrogens (tertiary/aromatic N) is 1. The van der Waals surface area contributed by atoms with Crippen LogP contribution < -0.4 is 15.4 Å². The van der Waals surface area contributed by atoms with Crippen LogP contribution in [0.1, 0.15) is 41.0 Å². The molecular formula is C19H33FIN3O2S. The SMILES string of the molecule is CCNC(=NCC(CC)Oc1cccc(F)c1)NCCS(=O)C(C)(C)C.I. The lowest BCUT2D eigenvalue weighted by Crippen LogP contribution is -2.41. The molecular weight excluding hydrogens is 480 g/mol. The molecule has 0 bridgehead atoms. The summed E-state index contributed by atoms with van der Waals surface area (Å²) in [5.41, 5.74) is 0. The lowest BCUT2D eigenvalue weighted by molar-refractivity contribution is 0.205. The molecule has 2 N–H and O–H groups in total. The minimum atomic E-state index is -0.906. The highest BCUT2D eigenvalue weighted by Gasteiger charge is 2.18. The summed E-state index contributed by atoms with van der Waals surface area (Å²) in [6.45, 7) is 11.7. The van der Waals surface area contributed by atoms with Crippen LogP contribution in [0, 0.1) is 5.82 Å². The zero-order valence-corrected chi connectivity index (χ0v) is 20.0. The Morgan fingerprint density at radius 3 is 2.56 bits per heavy atom. The number of rotatable bonds is 9. The predicted octanol–water partition coefficient (Wildman–Crippen LogP) is 3.70. The van der Waals surface area contributed by atoms with E-state index in [0.29, 0.717) is 30.6 Å². The highest BCUT2D eigenvalue weighted by atomic mass is 127. The summed E-state index contributed by atoms with van der Waals surface area (Å²) in [4.78, 5) is 4.54. The van der Waals surface area contributed by atoms with E-state index in [1.54, 1.807) is 12.1 Å². The van der Waals surface area contributed by atoms with E-state index in [0.717, 1.165) is 13.0 Å². The fourth-order valence-corrected chi connectivity index (χ4v) is 2.99. The molecule has 0 aromatic heterocycles. The quantitative estimate of drug-likeness (QED) is 0.300. The normalized spacial score (nSPS) is 14.1. The van der Waals surface area contributed by atoms with E-state index >= 15 is 0 Å². The molecule has 5 nitrogen and oxygen atoms in total. The molecule has 0 aliphatic carbocycles. The van der Waals surface area contributed by atoms with Crippen LogP contribution in [0.15, 0.2) is 29.3 Å². The van der Waals surface area contributed by atoms with Crippen LogP contribution in [0.2, 0.25) is 0 Å². The van der Waals surface area contributed by atoms with Crippen LogP contribution in [0.25, 0.3) is 0 Å². The average molecular weight is 513 g/mol. The lowest BCUT2D eigenvalue weighted by Gasteiger charge is -2.19. The van der Waals surface area contributed by atoms with Gasteiger partial charge in [-0.3, -0.25) is 4.21 Å². The van der Waals surface area contributed by atoms with Gasteiger partial charge in [-0.05, 0) is 46.2 Å². The third-order valence-electron chi connectivity index (χ3n) is 3.61. The summed E-state index contributed by atoms with van der Waals surface area (Å²) in [5.74, 6) is 1.42. The van der Waals surface area contributed by atoms with Crippen molar-refractivity contribution in [1.82, 2.24) is 10.6 Å². The predicted molar refractivity (Wildman–Crippen MR) is 123 cm³/mol. The second-order valence-electron chi connectivity index (χ2n) is 6.91. The van der Waals surface area contributed by atoms with Crippen molar-refractivity contribution in [2.45, 2.75) is 51.9 Å². The molecule has 0 spiro atoms. The van der Waals surface area contributed by atoms with Gasteiger partial charge in [0.2, 0.25) is 0 Å². The van der Waals surface area contributed by atoms with Crippen LogP contribution >= 0.6 is 24.0 Å². The molecule has 0 amide bonds. The van der Waals surface area contributed by atoms with Gasteiger partial charge in [0.05, 0.1) is 6.54 Å². The monoisotopic (exact) mass is 513 g/mol. The molecule has 2 atom stereocenters. The Hall–Kier alpha value is -0.900. The highest BCUT2D eigenvalue weighted by molar-refractivity contribution is 14.0. The number of halogens is 2. The van der Waals surface area contributed by atoms with Crippen LogP contribution in [-0.2, 0) is 10.8 Å². The maximum Gasteiger partial charge on any atom is 0.191 e. The first-order chi connectivity index (χ1) is 12.3. The van der Waals surface area contributed by atoms with Crippen molar-refractivity contribution in [1.29, 1.82) is 0 Å². The number of hydrogen-bond acceptors (Lipinski definition) is 3. The minimum absolute atomic E-state index is 0. The molecule has 0 heterocycles. The lowest BCUT2D eigenvalue weighted by atomic mass is 10.2. The van der Waals surface area contributed by atoms with Gasteiger partial charge in [-0.2, -0.15) is 0 Å². The maximum atomic E-state index is 13.3. The second-order valence-corrected chi connectivity index (χ2v) is 9.24. The Morgan fingerprint density at radius 1 is 1.30 bits per heavy atom. The molecule has 1 aromatic rings. The summed E-state index contributed by atoms with van der Waals surface area (Å²) in [6.07, 6.45) is 0.615. The Kier molecular flexibility index (Phi) is 12.9. The highest BCUT2D eigenvalue weighted by Crippen LogP contribution is 2.15. The van der Waals surface area contributed by atoms with Gasteiger partial charge in [0, 0.05) is 40.5 Å². The Balaban J connectivity index is 0.00000676. The third-order valence-corrected chi connectivity index (χ3v) is 5.56. The van der Waals surface area contributed by atoms with Gasteiger partial charge >= 0.3 is 0 Å². The summed E-state index contributed by atoms with van der Waals surface area (Å²) in [5, 5.41) is 6.38. The van der Waals surface area contributed by atoms with E-state index in [1.165, 1.54) is 12.1 Å². The van der Waals surface area contributed by atoms with Crippen LogP contribution in [0.3, 0.4) is 0 Å². The molecule has 0 aliphatic rings. The summed E-state index contributed by atoms with van der Waals surface area (Å²) in [7, 11) is -0.906. The maximum absolute atomic E-state index is 13.3. The van der Waals surface area contributed by atoms with Crippen molar-refractivity contribution < 1.29 is 13.3 Å². The number of aliphatic imine (C=N–C) groups is 1. The van der Waals surface area contributed by atoms with Gasteiger partial charge < -0.3 is 15.4 Å². The molecule has 27 heavy (non-hydrogen) atoms. The van der Waals surface area contributed by atoms with Crippen LogP contribution in [0.5, 0.6) is 5.75 Å². The first-order valence-electron chi connectivity index (χ1n) is 9.09. The number of ether oxygens (including phenoxy) is 1. The number of benzene rings is 1. The summed E-state index contributed by atoms with van der Waals surface area (Å²) < 4.78 is 31.0. The van der Waals surface area contributed by atoms with E-state index < -0.39 is 10.8 Å². The number of guanidine groups is 1. The average Bonchev–Trinajstić information content (AvgIpc) is 2.57. The number of hydrogen-bond donors (Lipinski definition) is 2. The molecule has 0 aliphatic heterocycles. The second kappa shape index (κ2) is 13.3. The van der Waals surface area contributed by atoms with Crippen molar-refractivity contribution in [2.75, 3.05) is 25.4 Å². The van der Waals surface area contributed by atoms with Crippen LogP contribution in [-0.4, -0.2) is 46.4 Å². The van der Waals surface area contributed by atoms with Gasteiger partial charge in [-0.25, -0.2) is 9.38 Å². The van der Waals surface area contributed by atoms with Crippen molar-refractivity contribution in [2.24, 2.45) is 4.99 Å². The zero-order chi connectivity index (χ0) is 19.6. The third kappa shape index (κ3) is 10.9. The van der Waals surface area contributed by atoms with Gasteiger partial charge in [0.1, 0.15) is 17.7 Å². The molecule has 1 aromatic carbocycles. The molecule has 0 fully saturated rings. The molecule has 2 unspecified atom stereocenters. The van der Waals surface area contributed by atoms with Gasteiger partial charge in [0.15, 0.2) is 5.96 Å². The van der Waals surface area contributed by atoms with Crippen molar-refractivity contribution in [3.05, 3.63) is 30.1 Å². The van der Waals surface area contributed by atoms with Crippen molar-refractivity contribution in [3.63, 3.8) is 0 Å². The van der Waals surface area contributed by atoms with Crippen molar-refractivity contribution >= 4 is 40.7 Å². The summed E-state index contributed by atoms with van der Waals surface area (Å²) >= 11 is 0. The molecule has 0 saturated heterocycles. The molecule has 1 rings (SSSR count). The molecule has 156 valence electrons. The Morgan fingerprint density at radius 2 is 2.00 bits per heavy atom. The Bertz CT molecular complexity index is 609. The van der Waals surface area contributed by atoms with Crippen LogP contribution in [0.4, 0.5) is 4.39 Å². The van der Waals surface area contributed by atoms with Gasteiger partial charge in [0.25, 0.3) is 0 Å². The molecule has 0 saturated carbocycles. The van der Waals surface area contributed by atoms with E-state index in [2.05, 4.69) is 15.6 Å². The van der Waals surface area contributed by atoms with Gasteiger partial charge in [-0.15, -0.1) is 24.0 Å². The molecule has 0 radical (unpaired) electrons. The van der Waals surface area contributed by atoms with E-state index in [9.17, 15) is 8.60 Å². The van der Waals surface area contributed by atoms with E-state index in [1.807, 2.05) is 34.6 Å².